The van der Waals surface area contributed by atoms with Crippen LogP contribution in [0.3, 0.4) is 0 Å². The van der Waals surface area contributed by atoms with Crippen LogP contribution in [0, 0.1) is 0 Å². The number of carbonyl (C=O) groups excluding carboxylic acids is 2. The number of amides is 2. The molecule has 1 aromatic rings. The predicted molar refractivity (Wildman–Crippen MR) is 77.7 cm³/mol. The van der Waals surface area contributed by atoms with Crippen LogP contribution in [0.1, 0.15) is 41.0 Å². The van der Waals surface area contributed by atoms with E-state index in [1.807, 2.05) is 13.8 Å². The van der Waals surface area contributed by atoms with Gasteiger partial charge >= 0.3 is 0 Å². The molecule has 1 aromatic carbocycles. The molecule has 0 atom stereocenters. The molecule has 0 unspecified atom stereocenters. The fraction of sp³-hybridized carbons (Fsp3) is 0.429. The maximum absolute atomic E-state index is 11.2. The van der Waals surface area contributed by atoms with Crippen molar-refractivity contribution in [2.75, 3.05) is 19.0 Å². The van der Waals surface area contributed by atoms with Crippen LogP contribution in [-0.2, 0) is 4.74 Å². The molecule has 0 heterocycles. The van der Waals surface area contributed by atoms with Gasteiger partial charge in [-0.25, -0.2) is 0 Å². The second kappa shape index (κ2) is 6.38. The average molecular weight is 279 g/mol. The Morgan fingerprint density at radius 2 is 1.65 bits per heavy atom. The van der Waals surface area contributed by atoms with Gasteiger partial charge in [-0.05, 0) is 38.5 Å². The number of nitrogens with one attached hydrogen (secondary N) is 1. The summed E-state index contributed by atoms with van der Waals surface area (Å²) in [5.41, 5.74) is 11.3. The quantitative estimate of drug-likeness (QED) is 0.694. The van der Waals surface area contributed by atoms with Gasteiger partial charge < -0.3 is 21.5 Å². The molecule has 0 aliphatic carbocycles. The first-order valence-electron chi connectivity index (χ1n) is 6.29. The largest absolute Gasteiger partial charge is 0.385 e. The fourth-order valence-corrected chi connectivity index (χ4v) is 1.62. The highest BCUT2D eigenvalue weighted by Gasteiger charge is 2.15. The number of hydrogen-bond acceptors (Lipinski definition) is 4. The van der Waals surface area contributed by atoms with Crippen molar-refractivity contribution in [3.63, 3.8) is 0 Å². The van der Waals surface area contributed by atoms with E-state index in [0.717, 1.165) is 6.42 Å². The number of hydrogen-bond donors (Lipinski definition) is 3. The number of nitrogens with two attached hydrogens (primary N) is 2. The zero-order valence-corrected chi connectivity index (χ0v) is 12.0. The summed E-state index contributed by atoms with van der Waals surface area (Å²) in [6, 6.07) is 4.57. The molecule has 0 aliphatic rings. The number of rotatable bonds is 7. The number of ether oxygens (including phenoxy) is 1. The van der Waals surface area contributed by atoms with Crippen LogP contribution in [0.25, 0.3) is 0 Å². The summed E-state index contributed by atoms with van der Waals surface area (Å²) in [5, 5.41) is 3.13. The minimum Gasteiger partial charge on any atom is -0.385 e. The second-order valence-corrected chi connectivity index (χ2v) is 5.17. The summed E-state index contributed by atoms with van der Waals surface area (Å²) >= 11 is 0. The smallest absolute Gasteiger partial charge is 0.248 e. The summed E-state index contributed by atoms with van der Waals surface area (Å²) in [6.07, 6.45) is 0.760. The van der Waals surface area contributed by atoms with Crippen molar-refractivity contribution in [3.8, 4) is 0 Å². The van der Waals surface area contributed by atoms with Crippen molar-refractivity contribution in [3.05, 3.63) is 29.3 Å². The molecule has 0 aromatic heterocycles. The molecular formula is C14H21N3O3. The monoisotopic (exact) mass is 279 g/mol. The number of methoxy groups -OCH3 is 1. The van der Waals surface area contributed by atoms with Crippen molar-refractivity contribution in [1.82, 2.24) is 0 Å². The standard InChI is InChI=1S/C14H21N3O3/c1-14(2,20-3)4-5-17-11-7-9(12(15)18)6-10(8-11)13(16)19/h6-8,17H,4-5H2,1-3H3,(H2,15,18)(H2,16,19). The molecule has 2 amide bonds. The molecule has 20 heavy (non-hydrogen) atoms. The van der Waals surface area contributed by atoms with Gasteiger partial charge in [0.2, 0.25) is 11.8 Å². The third-order valence-electron chi connectivity index (χ3n) is 3.11. The minimum absolute atomic E-state index is 0.245. The Kier molecular flexibility index (Phi) is 5.10. The van der Waals surface area contributed by atoms with E-state index in [-0.39, 0.29) is 16.7 Å². The molecule has 0 radical (unpaired) electrons. The first-order chi connectivity index (χ1) is 9.25. The highest BCUT2D eigenvalue weighted by molar-refractivity contribution is 5.99. The predicted octanol–water partition coefficient (Wildman–Crippen LogP) is 1.11. The maximum Gasteiger partial charge on any atom is 0.248 e. The molecule has 5 N–H and O–H groups in total. The van der Waals surface area contributed by atoms with E-state index in [1.54, 1.807) is 19.2 Å². The van der Waals surface area contributed by atoms with E-state index < -0.39 is 11.8 Å². The average Bonchev–Trinajstić information content (AvgIpc) is 2.38. The van der Waals surface area contributed by atoms with Crippen molar-refractivity contribution in [2.24, 2.45) is 11.5 Å². The van der Waals surface area contributed by atoms with Crippen molar-refractivity contribution in [1.29, 1.82) is 0 Å². The molecule has 110 valence electrons. The van der Waals surface area contributed by atoms with Crippen LogP contribution in [0.4, 0.5) is 5.69 Å². The third kappa shape index (κ3) is 4.55. The van der Waals surface area contributed by atoms with Crippen molar-refractivity contribution in [2.45, 2.75) is 25.9 Å². The Labute approximate surface area is 118 Å². The lowest BCUT2D eigenvalue weighted by molar-refractivity contribution is 0.0185. The molecule has 0 saturated carbocycles. The zero-order valence-electron chi connectivity index (χ0n) is 12.0. The highest BCUT2D eigenvalue weighted by atomic mass is 16.5. The minimum atomic E-state index is -0.603. The van der Waals surface area contributed by atoms with E-state index >= 15 is 0 Å². The van der Waals surface area contributed by atoms with E-state index in [0.29, 0.717) is 12.2 Å². The molecule has 6 heteroatoms. The van der Waals surface area contributed by atoms with Gasteiger partial charge in [-0.1, -0.05) is 0 Å². The summed E-state index contributed by atoms with van der Waals surface area (Å²) in [6.45, 7) is 4.58. The summed E-state index contributed by atoms with van der Waals surface area (Å²) in [5.74, 6) is -1.21. The van der Waals surface area contributed by atoms with Gasteiger partial charge in [0.15, 0.2) is 0 Å². The first kappa shape index (κ1) is 16.0. The Morgan fingerprint density at radius 1 is 1.15 bits per heavy atom. The zero-order chi connectivity index (χ0) is 15.3. The molecule has 0 aliphatic heterocycles. The van der Waals surface area contributed by atoms with Gasteiger partial charge in [-0.3, -0.25) is 9.59 Å². The number of benzene rings is 1. The maximum atomic E-state index is 11.2. The van der Waals surface area contributed by atoms with Crippen LogP contribution in [-0.4, -0.2) is 31.1 Å². The Morgan fingerprint density at radius 3 is 2.05 bits per heavy atom. The lowest BCUT2D eigenvalue weighted by Gasteiger charge is -2.23. The topological polar surface area (TPSA) is 107 Å². The molecular weight excluding hydrogens is 258 g/mol. The van der Waals surface area contributed by atoms with Gasteiger partial charge in [0.1, 0.15) is 0 Å². The van der Waals surface area contributed by atoms with Crippen LogP contribution >= 0.6 is 0 Å². The molecule has 0 saturated heterocycles. The van der Waals surface area contributed by atoms with Gasteiger partial charge in [0.25, 0.3) is 0 Å². The van der Waals surface area contributed by atoms with Gasteiger partial charge in [0.05, 0.1) is 5.60 Å². The Balaban J connectivity index is 2.84. The molecule has 1 rings (SSSR count). The Hall–Kier alpha value is -2.08. The van der Waals surface area contributed by atoms with E-state index in [1.165, 1.54) is 6.07 Å². The van der Waals surface area contributed by atoms with Crippen LogP contribution < -0.4 is 16.8 Å². The molecule has 6 nitrogen and oxygen atoms in total. The Bertz CT molecular complexity index is 480. The van der Waals surface area contributed by atoms with Gasteiger partial charge in [-0.15, -0.1) is 0 Å². The van der Waals surface area contributed by atoms with E-state index in [2.05, 4.69) is 5.32 Å². The molecule has 0 spiro atoms. The number of primary amides is 2. The molecule has 0 fully saturated rings. The van der Waals surface area contributed by atoms with Gasteiger partial charge in [-0.2, -0.15) is 0 Å². The lowest BCUT2D eigenvalue weighted by atomic mass is 10.0. The van der Waals surface area contributed by atoms with Gasteiger partial charge in [0, 0.05) is 30.5 Å². The van der Waals surface area contributed by atoms with Crippen LogP contribution in [0.2, 0.25) is 0 Å². The second-order valence-electron chi connectivity index (χ2n) is 5.17. The van der Waals surface area contributed by atoms with E-state index in [4.69, 9.17) is 16.2 Å². The van der Waals surface area contributed by atoms with Crippen LogP contribution in [0.5, 0.6) is 0 Å². The normalized spacial score (nSPS) is 11.2. The highest BCUT2D eigenvalue weighted by Crippen LogP contribution is 2.17. The summed E-state index contributed by atoms with van der Waals surface area (Å²) < 4.78 is 5.31. The SMILES string of the molecule is COC(C)(C)CCNc1cc(C(N)=O)cc(C(N)=O)c1. The molecule has 0 bridgehead atoms. The third-order valence-corrected chi connectivity index (χ3v) is 3.11. The van der Waals surface area contributed by atoms with Crippen LogP contribution in [0.15, 0.2) is 18.2 Å². The fourth-order valence-electron chi connectivity index (χ4n) is 1.62. The number of anilines is 1. The van der Waals surface area contributed by atoms with E-state index in [9.17, 15) is 9.59 Å². The number of carbonyl (C=O) groups is 2. The lowest BCUT2D eigenvalue weighted by Crippen LogP contribution is -2.26. The van der Waals surface area contributed by atoms with Crippen molar-refractivity contribution >= 4 is 17.5 Å². The summed E-state index contributed by atoms with van der Waals surface area (Å²) in [4.78, 5) is 22.5. The summed E-state index contributed by atoms with van der Waals surface area (Å²) in [7, 11) is 1.65. The first-order valence-corrected chi connectivity index (χ1v) is 6.29. The van der Waals surface area contributed by atoms with Crippen molar-refractivity contribution < 1.29 is 14.3 Å².